The molecule has 0 fully saturated rings. The van der Waals surface area contributed by atoms with E-state index in [9.17, 15) is 14.4 Å². The normalized spacial score (nSPS) is 13.1. The largest absolute Gasteiger partial charge is 0.444 e. The molecule has 3 amide bonds. The van der Waals surface area contributed by atoms with Crippen molar-refractivity contribution in [2.45, 2.75) is 138 Å². The first-order valence-electron chi connectivity index (χ1n) is 15.5. The molecule has 0 aliphatic rings. The average Bonchev–Trinajstić information content (AvgIpc) is 2.85. The Morgan fingerprint density at radius 2 is 1.50 bits per heavy atom. The Balaban J connectivity index is 3.44. The fourth-order valence-corrected chi connectivity index (χ4v) is 4.82. The molecule has 0 radical (unpaired) electrons. The van der Waals surface area contributed by atoms with E-state index < -0.39 is 23.8 Å². The molecule has 2 atom stereocenters. The van der Waals surface area contributed by atoms with Crippen molar-refractivity contribution in [3.05, 3.63) is 34.9 Å². The number of aryl methyl sites for hydroxylation is 2. The van der Waals surface area contributed by atoms with Crippen molar-refractivity contribution < 1.29 is 19.1 Å². The number of unbranched alkanes of at least 4 members (excludes halogenated alkanes) is 7. The molecule has 0 saturated heterocycles. The summed E-state index contributed by atoms with van der Waals surface area (Å²) in [4.78, 5) is 42.6. The maximum absolute atomic E-state index is 14.3. The van der Waals surface area contributed by atoms with Gasteiger partial charge in [0.2, 0.25) is 11.8 Å². The van der Waals surface area contributed by atoms with Gasteiger partial charge in [-0.3, -0.25) is 9.59 Å². The summed E-state index contributed by atoms with van der Waals surface area (Å²) >= 11 is 0. The van der Waals surface area contributed by atoms with E-state index in [4.69, 9.17) is 4.74 Å². The topological polar surface area (TPSA) is 87.7 Å². The van der Waals surface area contributed by atoms with E-state index in [0.717, 1.165) is 61.6 Å². The Labute approximate surface area is 244 Å². The van der Waals surface area contributed by atoms with Crippen LogP contribution in [0.25, 0.3) is 0 Å². The van der Waals surface area contributed by atoms with Crippen molar-refractivity contribution in [2.24, 2.45) is 5.92 Å². The Morgan fingerprint density at radius 1 is 0.900 bits per heavy atom. The lowest BCUT2D eigenvalue weighted by Gasteiger charge is -2.36. The van der Waals surface area contributed by atoms with Gasteiger partial charge < -0.3 is 20.3 Å². The van der Waals surface area contributed by atoms with Crippen LogP contribution in [0.2, 0.25) is 0 Å². The van der Waals surface area contributed by atoms with Gasteiger partial charge >= 0.3 is 6.09 Å². The van der Waals surface area contributed by atoms with Crippen molar-refractivity contribution >= 4 is 17.9 Å². The number of nitrogens with one attached hydrogen (secondary N) is 2. The Hall–Kier alpha value is -2.57. The van der Waals surface area contributed by atoms with Crippen LogP contribution in [0.3, 0.4) is 0 Å². The minimum Gasteiger partial charge on any atom is -0.444 e. The molecular weight excluding hydrogens is 502 g/mol. The van der Waals surface area contributed by atoms with Crippen molar-refractivity contribution in [2.75, 3.05) is 13.1 Å². The summed E-state index contributed by atoms with van der Waals surface area (Å²) in [6.45, 7) is 18.5. The van der Waals surface area contributed by atoms with Gasteiger partial charge in [0.1, 0.15) is 17.7 Å². The second-order valence-electron chi connectivity index (χ2n) is 12.4. The molecule has 0 heterocycles. The quantitative estimate of drug-likeness (QED) is 0.195. The molecule has 7 heteroatoms. The fraction of sp³-hybridized carbons (Fsp3) is 0.727. The predicted octanol–water partition coefficient (Wildman–Crippen LogP) is 7.39. The van der Waals surface area contributed by atoms with Crippen molar-refractivity contribution in [3.8, 4) is 0 Å². The van der Waals surface area contributed by atoms with Crippen molar-refractivity contribution in [3.63, 3.8) is 0 Å². The number of alkyl carbamates (subject to hydrolysis) is 1. The van der Waals surface area contributed by atoms with Crippen LogP contribution in [0, 0.1) is 19.8 Å². The number of carbonyl (C=O) groups is 3. The van der Waals surface area contributed by atoms with Gasteiger partial charge in [0, 0.05) is 13.1 Å². The number of nitrogens with zero attached hydrogens (tertiary/aromatic N) is 1. The van der Waals surface area contributed by atoms with E-state index in [1.807, 2.05) is 39.8 Å². The van der Waals surface area contributed by atoms with E-state index in [-0.39, 0.29) is 17.7 Å². The van der Waals surface area contributed by atoms with Gasteiger partial charge in [-0.25, -0.2) is 4.79 Å². The fourth-order valence-electron chi connectivity index (χ4n) is 4.82. The van der Waals surface area contributed by atoms with Crippen molar-refractivity contribution in [1.82, 2.24) is 15.5 Å². The van der Waals surface area contributed by atoms with Gasteiger partial charge in [-0.2, -0.15) is 0 Å². The highest BCUT2D eigenvalue weighted by molar-refractivity contribution is 5.92. The lowest BCUT2D eigenvalue weighted by Crippen LogP contribution is -2.55. The zero-order valence-electron chi connectivity index (χ0n) is 26.8. The third kappa shape index (κ3) is 12.7. The molecule has 0 saturated carbocycles. The standard InChI is InChI=1S/C33H57N3O4/c1-10-12-14-15-16-18-22-36(31(38)28(24(3)4)35-32(39)40-33(7,8)9)29(30(37)34-21-17-13-11-2)27-20-19-25(5)23-26(27)6/h19-20,23-24,28-29H,10-18,21-22H2,1-9H3,(H,34,37)(H,35,39). The molecule has 228 valence electrons. The Bertz CT molecular complexity index is 923. The van der Waals surface area contributed by atoms with Crippen LogP contribution in [-0.4, -0.2) is 47.5 Å². The maximum Gasteiger partial charge on any atom is 0.408 e. The van der Waals surface area contributed by atoms with Crippen LogP contribution < -0.4 is 10.6 Å². The monoisotopic (exact) mass is 559 g/mol. The number of benzene rings is 1. The number of amides is 3. The first kappa shape index (κ1) is 35.5. The van der Waals surface area contributed by atoms with Crippen LogP contribution in [0.15, 0.2) is 18.2 Å². The van der Waals surface area contributed by atoms with Crippen LogP contribution in [0.4, 0.5) is 4.79 Å². The number of hydrogen-bond acceptors (Lipinski definition) is 4. The first-order valence-corrected chi connectivity index (χ1v) is 15.5. The summed E-state index contributed by atoms with van der Waals surface area (Å²) in [6.07, 6.45) is 8.75. The molecule has 0 bridgehead atoms. The molecule has 1 aromatic carbocycles. The summed E-state index contributed by atoms with van der Waals surface area (Å²) in [6, 6.07) is 4.40. The predicted molar refractivity (Wildman–Crippen MR) is 164 cm³/mol. The van der Waals surface area contributed by atoms with Crippen molar-refractivity contribution in [1.29, 1.82) is 0 Å². The molecule has 0 aliphatic carbocycles. The SMILES string of the molecule is CCCCCCCCN(C(=O)C(NC(=O)OC(C)(C)C)C(C)C)C(C(=O)NCCCCC)c1ccc(C)cc1C. The van der Waals surface area contributed by atoms with E-state index in [0.29, 0.717) is 13.1 Å². The molecule has 1 rings (SSSR count). The lowest BCUT2D eigenvalue weighted by molar-refractivity contribution is -0.143. The Kier molecular flexibility index (Phi) is 15.9. The van der Waals surface area contributed by atoms with Crippen LogP contribution in [-0.2, 0) is 14.3 Å². The van der Waals surface area contributed by atoms with Gasteiger partial charge in [0.05, 0.1) is 0 Å². The number of hydrogen-bond donors (Lipinski definition) is 2. The van der Waals surface area contributed by atoms with E-state index >= 15 is 0 Å². The van der Waals surface area contributed by atoms with Crippen LogP contribution in [0.5, 0.6) is 0 Å². The lowest BCUT2D eigenvalue weighted by atomic mass is 9.94. The highest BCUT2D eigenvalue weighted by Gasteiger charge is 2.37. The maximum atomic E-state index is 14.3. The number of carbonyl (C=O) groups excluding carboxylic acids is 3. The minimum atomic E-state index is -0.823. The van der Waals surface area contributed by atoms with Crippen LogP contribution in [0.1, 0.15) is 129 Å². The van der Waals surface area contributed by atoms with Crippen LogP contribution >= 0.6 is 0 Å². The molecule has 0 aliphatic heterocycles. The van der Waals surface area contributed by atoms with Gasteiger partial charge in [0.25, 0.3) is 0 Å². The van der Waals surface area contributed by atoms with Gasteiger partial charge in [-0.1, -0.05) is 96.4 Å². The average molecular weight is 560 g/mol. The summed E-state index contributed by atoms with van der Waals surface area (Å²) in [7, 11) is 0. The zero-order chi connectivity index (χ0) is 30.3. The summed E-state index contributed by atoms with van der Waals surface area (Å²) in [5.74, 6) is -0.635. The second-order valence-corrected chi connectivity index (χ2v) is 12.4. The molecular formula is C33H57N3O4. The van der Waals surface area contributed by atoms with E-state index in [1.54, 1.807) is 25.7 Å². The summed E-state index contributed by atoms with van der Waals surface area (Å²) in [5, 5.41) is 5.92. The van der Waals surface area contributed by atoms with E-state index in [2.05, 4.69) is 30.5 Å². The van der Waals surface area contributed by atoms with Gasteiger partial charge in [-0.15, -0.1) is 0 Å². The molecule has 0 aromatic heterocycles. The third-order valence-corrected chi connectivity index (χ3v) is 7.00. The molecule has 7 nitrogen and oxygen atoms in total. The second kappa shape index (κ2) is 18.0. The molecule has 40 heavy (non-hydrogen) atoms. The molecule has 2 N–H and O–H groups in total. The molecule has 2 unspecified atom stereocenters. The highest BCUT2D eigenvalue weighted by atomic mass is 16.6. The zero-order valence-corrected chi connectivity index (χ0v) is 26.8. The number of rotatable bonds is 17. The smallest absolute Gasteiger partial charge is 0.408 e. The first-order chi connectivity index (χ1) is 18.8. The Morgan fingerprint density at radius 3 is 2.08 bits per heavy atom. The molecule has 1 aromatic rings. The molecule has 0 spiro atoms. The number of ether oxygens (including phenoxy) is 1. The van der Waals surface area contributed by atoms with Gasteiger partial charge in [-0.05, 0) is 64.5 Å². The summed E-state index contributed by atoms with van der Waals surface area (Å²) in [5.41, 5.74) is 2.20. The third-order valence-electron chi connectivity index (χ3n) is 7.00. The summed E-state index contributed by atoms with van der Waals surface area (Å²) < 4.78 is 5.49. The highest BCUT2D eigenvalue weighted by Crippen LogP contribution is 2.28. The minimum absolute atomic E-state index is 0.179. The van der Waals surface area contributed by atoms with Gasteiger partial charge in [0.15, 0.2) is 0 Å². The van der Waals surface area contributed by atoms with E-state index in [1.165, 1.54) is 12.8 Å².